The van der Waals surface area contributed by atoms with Crippen molar-refractivity contribution in [2.75, 3.05) is 55.8 Å². The van der Waals surface area contributed by atoms with Crippen LogP contribution in [0.3, 0.4) is 0 Å². The van der Waals surface area contributed by atoms with Gasteiger partial charge in [0.2, 0.25) is 0 Å². The smallest absolute Gasteiger partial charge is 0.167 e. The molecule has 0 amide bonds. The molecule has 0 aliphatic carbocycles. The second-order valence-electron chi connectivity index (χ2n) is 4.45. The van der Waals surface area contributed by atoms with E-state index in [1.165, 1.54) is 24.7 Å². The molecule has 0 spiro atoms. The van der Waals surface area contributed by atoms with Crippen molar-refractivity contribution in [3.63, 3.8) is 0 Å². The van der Waals surface area contributed by atoms with Crippen molar-refractivity contribution in [1.82, 2.24) is 4.90 Å². The Labute approximate surface area is 117 Å². The molecule has 19 heavy (non-hydrogen) atoms. The van der Waals surface area contributed by atoms with E-state index in [0.717, 1.165) is 31.9 Å². The molecule has 1 aromatic rings. The average molecular weight is 285 g/mol. The maximum absolute atomic E-state index is 13.4. The molecule has 0 aromatic heterocycles. The summed E-state index contributed by atoms with van der Waals surface area (Å²) >= 11 is 2.00. The fraction of sp³-hybridized carbons (Fsp3) is 0.538. The Hall–Kier alpha value is -1.14. The molecule has 106 valence electrons. The average Bonchev–Trinajstić information content (AvgIpc) is 2.42. The highest BCUT2D eigenvalue weighted by Gasteiger charge is 2.11. The van der Waals surface area contributed by atoms with Crippen molar-refractivity contribution < 1.29 is 9.13 Å². The van der Waals surface area contributed by atoms with E-state index in [-0.39, 0.29) is 5.75 Å². The van der Waals surface area contributed by atoms with Crippen molar-refractivity contribution in [3.8, 4) is 5.75 Å². The highest BCUT2D eigenvalue weighted by Crippen LogP contribution is 2.27. The van der Waals surface area contributed by atoms with E-state index in [4.69, 9.17) is 10.5 Å². The third-order valence-electron chi connectivity index (χ3n) is 3.17. The Morgan fingerprint density at radius 1 is 1.42 bits per heavy atom. The van der Waals surface area contributed by atoms with Gasteiger partial charge in [0.15, 0.2) is 11.6 Å². The molecular formula is C13H20FN3OS. The number of halogens is 1. The fourth-order valence-corrected chi connectivity index (χ4v) is 3.03. The van der Waals surface area contributed by atoms with E-state index >= 15 is 0 Å². The summed E-state index contributed by atoms with van der Waals surface area (Å²) in [5.74, 6) is 2.18. The molecule has 0 saturated carbocycles. The zero-order valence-corrected chi connectivity index (χ0v) is 11.9. The highest BCUT2D eigenvalue weighted by molar-refractivity contribution is 7.99. The SMILES string of the molecule is COc1cc(NCCN2CCSCC2)c(N)cc1F. The normalized spacial score (nSPS) is 16.3. The Morgan fingerprint density at radius 3 is 2.84 bits per heavy atom. The van der Waals surface area contributed by atoms with Crippen molar-refractivity contribution in [1.29, 1.82) is 0 Å². The third-order valence-corrected chi connectivity index (χ3v) is 4.11. The van der Waals surface area contributed by atoms with Gasteiger partial charge in [0.25, 0.3) is 0 Å². The van der Waals surface area contributed by atoms with Crippen LogP contribution >= 0.6 is 11.8 Å². The highest BCUT2D eigenvalue weighted by atomic mass is 32.2. The van der Waals surface area contributed by atoms with Gasteiger partial charge in [0.1, 0.15) is 0 Å². The summed E-state index contributed by atoms with van der Waals surface area (Å²) in [4.78, 5) is 2.42. The van der Waals surface area contributed by atoms with Gasteiger partial charge in [-0.2, -0.15) is 11.8 Å². The van der Waals surface area contributed by atoms with Gasteiger partial charge in [-0.1, -0.05) is 0 Å². The molecule has 4 nitrogen and oxygen atoms in total. The summed E-state index contributed by atoms with van der Waals surface area (Å²) < 4.78 is 18.4. The van der Waals surface area contributed by atoms with Crippen molar-refractivity contribution >= 4 is 23.1 Å². The number of nitrogens with two attached hydrogens (primary N) is 1. The molecule has 6 heteroatoms. The zero-order chi connectivity index (χ0) is 13.7. The largest absolute Gasteiger partial charge is 0.494 e. The summed E-state index contributed by atoms with van der Waals surface area (Å²) in [7, 11) is 1.45. The first-order chi connectivity index (χ1) is 9.20. The van der Waals surface area contributed by atoms with Gasteiger partial charge in [0, 0.05) is 49.8 Å². The number of ether oxygens (including phenoxy) is 1. The van der Waals surface area contributed by atoms with Crippen LogP contribution in [0.5, 0.6) is 5.75 Å². The minimum atomic E-state index is -0.432. The van der Waals surface area contributed by atoms with Gasteiger partial charge in [-0.3, -0.25) is 4.90 Å². The second-order valence-corrected chi connectivity index (χ2v) is 5.68. The first kappa shape index (κ1) is 14.3. The Balaban J connectivity index is 1.88. The molecule has 0 unspecified atom stereocenters. The van der Waals surface area contributed by atoms with Crippen LogP contribution in [0.4, 0.5) is 15.8 Å². The van der Waals surface area contributed by atoms with Gasteiger partial charge in [-0.15, -0.1) is 0 Å². The number of nitrogen functional groups attached to an aromatic ring is 1. The molecule has 1 fully saturated rings. The number of hydrogen-bond donors (Lipinski definition) is 2. The number of hydrogen-bond acceptors (Lipinski definition) is 5. The predicted octanol–water partition coefficient (Wildman–Crippen LogP) is 1.88. The predicted molar refractivity (Wildman–Crippen MR) is 79.6 cm³/mol. The summed E-state index contributed by atoms with van der Waals surface area (Å²) in [6.45, 7) is 4.03. The van der Waals surface area contributed by atoms with Crippen molar-refractivity contribution in [2.24, 2.45) is 0 Å². The number of rotatable bonds is 5. The maximum Gasteiger partial charge on any atom is 0.167 e. The summed E-state index contributed by atoms with van der Waals surface area (Å²) in [6.07, 6.45) is 0. The van der Waals surface area contributed by atoms with Gasteiger partial charge in [-0.25, -0.2) is 4.39 Å². The second kappa shape index (κ2) is 6.86. The molecular weight excluding hydrogens is 265 g/mol. The zero-order valence-electron chi connectivity index (χ0n) is 11.1. The van der Waals surface area contributed by atoms with Crippen LogP contribution in [0.1, 0.15) is 0 Å². The lowest BCUT2D eigenvalue weighted by atomic mass is 10.2. The Bertz CT molecular complexity index is 425. The molecule has 1 saturated heterocycles. The Kier molecular flexibility index (Phi) is 5.15. The molecule has 1 aliphatic heterocycles. The lowest BCUT2D eigenvalue weighted by Gasteiger charge is -2.26. The molecule has 3 N–H and O–H groups in total. The topological polar surface area (TPSA) is 50.5 Å². The number of anilines is 2. The van der Waals surface area contributed by atoms with Gasteiger partial charge < -0.3 is 15.8 Å². The summed E-state index contributed by atoms with van der Waals surface area (Å²) in [5.41, 5.74) is 6.93. The minimum Gasteiger partial charge on any atom is -0.494 e. The number of thioether (sulfide) groups is 1. The minimum absolute atomic E-state index is 0.214. The first-order valence-corrected chi connectivity index (χ1v) is 7.53. The molecule has 1 aliphatic rings. The van der Waals surface area contributed by atoms with E-state index in [9.17, 15) is 4.39 Å². The summed E-state index contributed by atoms with van der Waals surface area (Å²) in [5, 5.41) is 3.24. The number of methoxy groups -OCH3 is 1. The number of nitrogens with zero attached hydrogens (tertiary/aromatic N) is 1. The molecule has 0 bridgehead atoms. The van der Waals surface area contributed by atoms with Gasteiger partial charge in [0.05, 0.1) is 18.5 Å². The van der Waals surface area contributed by atoms with E-state index in [2.05, 4.69) is 10.2 Å². The van der Waals surface area contributed by atoms with E-state index < -0.39 is 5.82 Å². The van der Waals surface area contributed by atoms with Crippen molar-refractivity contribution in [2.45, 2.75) is 0 Å². The molecule has 1 aromatic carbocycles. The molecule has 0 atom stereocenters. The van der Waals surface area contributed by atoms with Crippen LogP contribution in [0.15, 0.2) is 12.1 Å². The van der Waals surface area contributed by atoms with Crippen LogP contribution in [-0.4, -0.2) is 49.7 Å². The fourth-order valence-electron chi connectivity index (χ4n) is 2.05. The van der Waals surface area contributed by atoms with Gasteiger partial charge in [-0.05, 0) is 0 Å². The maximum atomic E-state index is 13.4. The lowest BCUT2D eigenvalue weighted by molar-refractivity contribution is 0.314. The van der Waals surface area contributed by atoms with Crippen LogP contribution < -0.4 is 15.8 Å². The summed E-state index contributed by atoms with van der Waals surface area (Å²) in [6, 6.07) is 2.90. The number of nitrogens with one attached hydrogen (secondary N) is 1. The third kappa shape index (κ3) is 3.91. The standard InChI is InChI=1S/C13H20FN3OS/c1-18-13-9-12(11(15)8-10(13)14)16-2-3-17-4-6-19-7-5-17/h8-9,16H,2-7,15H2,1H3. The van der Waals surface area contributed by atoms with Crippen LogP contribution in [0, 0.1) is 5.82 Å². The monoisotopic (exact) mass is 285 g/mol. The Morgan fingerprint density at radius 2 is 2.16 bits per heavy atom. The van der Waals surface area contributed by atoms with Gasteiger partial charge >= 0.3 is 0 Å². The van der Waals surface area contributed by atoms with Crippen LogP contribution in [0.2, 0.25) is 0 Å². The van der Waals surface area contributed by atoms with Crippen LogP contribution in [-0.2, 0) is 0 Å². The molecule has 1 heterocycles. The first-order valence-electron chi connectivity index (χ1n) is 6.37. The van der Waals surface area contributed by atoms with Crippen molar-refractivity contribution in [3.05, 3.63) is 17.9 Å². The van der Waals surface area contributed by atoms with Crippen LogP contribution in [0.25, 0.3) is 0 Å². The molecule has 0 radical (unpaired) electrons. The molecule has 2 rings (SSSR count). The van der Waals surface area contributed by atoms with E-state index in [1.807, 2.05) is 11.8 Å². The van der Waals surface area contributed by atoms with E-state index in [1.54, 1.807) is 6.07 Å². The quantitative estimate of drug-likeness (QED) is 0.809. The lowest BCUT2D eigenvalue weighted by Crippen LogP contribution is -2.36. The van der Waals surface area contributed by atoms with E-state index in [0.29, 0.717) is 5.69 Å². The number of benzene rings is 1.